The Morgan fingerprint density at radius 3 is 2.42 bits per heavy atom. The molecule has 1 aliphatic carbocycles. The highest BCUT2D eigenvalue weighted by Crippen LogP contribution is 2.28. The first-order valence-electron chi connectivity index (χ1n) is 7.10. The molecule has 0 spiro atoms. The Morgan fingerprint density at radius 1 is 1.26 bits per heavy atom. The Bertz CT molecular complexity index is 459. The summed E-state index contributed by atoms with van der Waals surface area (Å²) >= 11 is 0. The highest BCUT2D eigenvalue weighted by Gasteiger charge is 2.26. The zero-order valence-electron chi connectivity index (χ0n) is 12.1. The van der Waals surface area contributed by atoms with Gasteiger partial charge < -0.3 is 11.1 Å². The summed E-state index contributed by atoms with van der Waals surface area (Å²) in [7, 11) is 0. The number of amides is 1. The van der Waals surface area contributed by atoms with Gasteiger partial charge in [0.1, 0.15) is 0 Å². The minimum atomic E-state index is 0.0948. The average molecular weight is 260 g/mol. The lowest BCUT2D eigenvalue weighted by molar-refractivity contribution is -0.117. The lowest BCUT2D eigenvalue weighted by atomic mass is 9.99. The van der Waals surface area contributed by atoms with E-state index in [1.54, 1.807) is 0 Å². The molecule has 0 bridgehead atoms. The van der Waals surface area contributed by atoms with E-state index in [2.05, 4.69) is 24.4 Å². The lowest BCUT2D eigenvalue weighted by Crippen LogP contribution is -2.28. The molecule has 1 saturated carbocycles. The van der Waals surface area contributed by atoms with Crippen molar-refractivity contribution < 1.29 is 4.79 Å². The second-order valence-corrected chi connectivity index (χ2v) is 5.88. The Balaban J connectivity index is 2.03. The van der Waals surface area contributed by atoms with Gasteiger partial charge in [0.2, 0.25) is 5.91 Å². The quantitative estimate of drug-likeness (QED) is 0.877. The van der Waals surface area contributed by atoms with Crippen LogP contribution >= 0.6 is 0 Å². The van der Waals surface area contributed by atoms with Crippen LogP contribution in [0.25, 0.3) is 0 Å². The van der Waals surface area contributed by atoms with Crippen molar-refractivity contribution in [3.8, 4) is 0 Å². The monoisotopic (exact) mass is 260 g/mol. The largest absolute Gasteiger partial charge is 0.327 e. The number of aryl methyl sites for hydroxylation is 3. The molecule has 1 aromatic carbocycles. The summed E-state index contributed by atoms with van der Waals surface area (Å²) in [5, 5.41) is 3.06. The molecular weight excluding hydrogens is 236 g/mol. The van der Waals surface area contributed by atoms with Crippen molar-refractivity contribution in [3.05, 3.63) is 28.8 Å². The van der Waals surface area contributed by atoms with Crippen LogP contribution in [-0.4, -0.2) is 11.9 Å². The van der Waals surface area contributed by atoms with E-state index in [4.69, 9.17) is 5.73 Å². The Hall–Kier alpha value is -1.35. The molecule has 2 rings (SSSR count). The van der Waals surface area contributed by atoms with Gasteiger partial charge in [-0.1, -0.05) is 24.1 Å². The highest BCUT2D eigenvalue weighted by atomic mass is 16.1. The number of anilines is 1. The van der Waals surface area contributed by atoms with E-state index >= 15 is 0 Å². The van der Waals surface area contributed by atoms with E-state index in [-0.39, 0.29) is 11.9 Å². The van der Waals surface area contributed by atoms with Crippen LogP contribution in [0, 0.1) is 26.7 Å². The summed E-state index contributed by atoms with van der Waals surface area (Å²) in [5.74, 6) is 0.448. The number of hydrogen-bond donors (Lipinski definition) is 2. The average Bonchev–Trinajstić information content (AvgIpc) is 2.69. The Labute approximate surface area is 115 Å². The second kappa shape index (κ2) is 5.74. The van der Waals surface area contributed by atoms with Crippen molar-refractivity contribution >= 4 is 11.6 Å². The molecule has 1 amide bonds. The van der Waals surface area contributed by atoms with E-state index in [1.807, 2.05) is 13.8 Å². The molecular formula is C16H24N2O. The third kappa shape index (κ3) is 3.35. The van der Waals surface area contributed by atoms with E-state index in [0.717, 1.165) is 36.1 Å². The van der Waals surface area contributed by atoms with Crippen LogP contribution in [0.1, 0.15) is 42.4 Å². The van der Waals surface area contributed by atoms with Gasteiger partial charge in [-0.05, 0) is 50.7 Å². The molecule has 2 atom stereocenters. The topological polar surface area (TPSA) is 55.1 Å². The first kappa shape index (κ1) is 14.1. The number of nitrogens with two attached hydrogens (primary N) is 1. The fraction of sp³-hybridized carbons (Fsp3) is 0.562. The van der Waals surface area contributed by atoms with Gasteiger partial charge in [-0.15, -0.1) is 0 Å². The van der Waals surface area contributed by atoms with Crippen LogP contribution in [0.4, 0.5) is 5.69 Å². The zero-order chi connectivity index (χ0) is 14.0. The maximum atomic E-state index is 12.1. The van der Waals surface area contributed by atoms with Crippen molar-refractivity contribution in [3.63, 3.8) is 0 Å². The predicted molar refractivity (Wildman–Crippen MR) is 79.2 cm³/mol. The van der Waals surface area contributed by atoms with Crippen LogP contribution in [0.2, 0.25) is 0 Å². The predicted octanol–water partition coefficient (Wildman–Crippen LogP) is 3.07. The number of rotatable bonds is 3. The molecule has 3 heteroatoms. The van der Waals surface area contributed by atoms with Gasteiger partial charge in [0, 0.05) is 18.2 Å². The molecule has 0 aromatic heterocycles. The second-order valence-electron chi connectivity index (χ2n) is 5.88. The molecule has 3 N–H and O–H groups in total. The van der Waals surface area contributed by atoms with Gasteiger partial charge in [-0.2, -0.15) is 0 Å². The number of carbonyl (C=O) groups excluding carboxylic acids is 1. The van der Waals surface area contributed by atoms with Gasteiger partial charge in [-0.3, -0.25) is 4.79 Å². The minimum Gasteiger partial charge on any atom is -0.327 e. The molecule has 104 valence electrons. The molecule has 1 aromatic rings. The van der Waals surface area contributed by atoms with E-state index in [1.165, 1.54) is 5.56 Å². The van der Waals surface area contributed by atoms with Crippen LogP contribution in [0.5, 0.6) is 0 Å². The molecule has 0 saturated heterocycles. The summed E-state index contributed by atoms with van der Waals surface area (Å²) < 4.78 is 0. The standard InChI is InChI=1S/C16H24N2O/c1-10-7-11(2)16(12(3)8-10)18-15(19)9-13-5-4-6-14(13)17/h7-8,13-14H,4-6,9,17H2,1-3H3,(H,18,19)/t13-,14+/m0/s1. The Morgan fingerprint density at radius 2 is 1.89 bits per heavy atom. The first-order chi connectivity index (χ1) is 8.97. The summed E-state index contributed by atoms with van der Waals surface area (Å²) in [4.78, 5) is 12.1. The fourth-order valence-corrected chi connectivity index (χ4v) is 3.12. The summed E-state index contributed by atoms with van der Waals surface area (Å²) in [5.41, 5.74) is 10.5. The summed E-state index contributed by atoms with van der Waals surface area (Å²) in [6.07, 6.45) is 3.84. The van der Waals surface area contributed by atoms with Crippen molar-refractivity contribution in [2.24, 2.45) is 11.7 Å². The van der Waals surface area contributed by atoms with Crippen LogP contribution in [0.15, 0.2) is 12.1 Å². The fourth-order valence-electron chi connectivity index (χ4n) is 3.12. The normalized spacial score (nSPS) is 22.5. The number of hydrogen-bond acceptors (Lipinski definition) is 2. The third-order valence-corrected chi connectivity index (χ3v) is 4.11. The molecule has 0 heterocycles. The van der Waals surface area contributed by atoms with Crippen molar-refractivity contribution in [2.75, 3.05) is 5.32 Å². The maximum absolute atomic E-state index is 12.1. The van der Waals surface area contributed by atoms with Crippen LogP contribution < -0.4 is 11.1 Å². The molecule has 19 heavy (non-hydrogen) atoms. The van der Waals surface area contributed by atoms with Gasteiger partial charge in [0.05, 0.1) is 0 Å². The smallest absolute Gasteiger partial charge is 0.224 e. The SMILES string of the molecule is Cc1cc(C)c(NC(=O)C[C@@H]2CCC[C@H]2N)c(C)c1. The van der Waals surface area contributed by atoms with Gasteiger partial charge in [0.15, 0.2) is 0 Å². The molecule has 0 aliphatic heterocycles. The van der Waals surface area contributed by atoms with Crippen molar-refractivity contribution in [1.29, 1.82) is 0 Å². The van der Waals surface area contributed by atoms with Gasteiger partial charge in [-0.25, -0.2) is 0 Å². The third-order valence-electron chi connectivity index (χ3n) is 4.11. The zero-order valence-corrected chi connectivity index (χ0v) is 12.1. The van der Waals surface area contributed by atoms with Crippen molar-refractivity contribution in [1.82, 2.24) is 0 Å². The molecule has 0 radical (unpaired) electrons. The van der Waals surface area contributed by atoms with E-state index in [0.29, 0.717) is 12.3 Å². The van der Waals surface area contributed by atoms with Crippen molar-refractivity contribution in [2.45, 2.75) is 52.5 Å². The van der Waals surface area contributed by atoms with Gasteiger partial charge >= 0.3 is 0 Å². The molecule has 0 unspecified atom stereocenters. The number of benzene rings is 1. The molecule has 1 fully saturated rings. The molecule has 1 aliphatic rings. The minimum absolute atomic E-state index is 0.0948. The maximum Gasteiger partial charge on any atom is 0.224 e. The lowest BCUT2D eigenvalue weighted by Gasteiger charge is -2.17. The number of carbonyl (C=O) groups is 1. The van der Waals surface area contributed by atoms with E-state index < -0.39 is 0 Å². The summed E-state index contributed by atoms with van der Waals surface area (Å²) in [6.45, 7) is 6.15. The molecule has 3 nitrogen and oxygen atoms in total. The number of nitrogens with one attached hydrogen (secondary N) is 1. The first-order valence-corrected chi connectivity index (χ1v) is 7.10. The van der Waals surface area contributed by atoms with Crippen LogP contribution in [0.3, 0.4) is 0 Å². The van der Waals surface area contributed by atoms with Gasteiger partial charge in [0.25, 0.3) is 0 Å². The van der Waals surface area contributed by atoms with Crippen LogP contribution in [-0.2, 0) is 4.79 Å². The highest BCUT2D eigenvalue weighted by molar-refractivity contribution is 5.92. The summed E-state index contributed by atoms with van der Waals surface area (Å²) in [6, 6.07) is 4.40. The van der Waals surface area contributed by atoms with E-state index in [9.17, 15) is 4.79 Å². The Kier molecular flexibility index (Phi) is 4.25.